The van der Waals surface area contributed by atoms with Crippen molar-refractivity contribution in [2.45, 2.75) is 39.8 Å². The van der Waals surface area contributed by atoms with E-state index in [0.29, 0.717) is 24.5 Å². The van der Waals surface area contributed by atoms with Gasteiger partial charge in [0.25, 0.3) is 0 Å². The van der Waals surface area contributed by atoms with Crippen molar-refractivity contribution in [3.63, 3.8) is 0 Å². The molecule has 6 nitrogen and oxygen atoms in total. The van der Waals surface area contributed by atoms with E-state index in [1.807, 2.05) is 31.5 Å². The van der Waals surface area contributed by atoms with Crippen molar-refractivity contribution in [2.24, 2.45) is 0 Å². The molecule has 1 aromatic heterocycles. The summed E-state index contributed by atoms with van der Waals surface area (Å²) in [7, 11) is 1.88. The van der Waals surface area contributed by atoms with Gasteiger partial charge >= 0.3 is 11.9 Å². The fourth-order valence-electron chi connectivity index (χ4n) is 2.83. The third-order valence-electron chi connectivity index (χ3n) is 4.42. The second-order valence-corrected chi connectivity index (χ2v) is 5.93. The largest absolute Gasteiger partial charge is 0.462 e. The van der Waals surface area contributed by atoms with Crippen LogP contribution in [0.4, 0.5) is 0 Å². The number of fused-ring (bicyclic) bond motifs is 1. The molecule has 2 unspecified atom stereocenters. The van der Waals surface area contributed by atoms with Crippen molar-refractivity contribution in [1.82, 2.24) is 9.88 Å². The number of hydrogen-bond acceptors (Lipinski definition) is 5. The van der Waals surface area contributed by atoms with Crippen LogP contribution < -0.4 is 5.32 Å². The van der Waals surface area contributed by atoms with E-state index in [-0.39, 0.29) is 24.0 Å². The smallest absolute Gasteiger partial charge is 0.354 e. The van der Waals surface area contributed by atoms with Crippen LogP contribution >= 0.6 is 0 Å². The van der Waals surface area contributed by atoms with Gasteiger partial charge in [0.05, 0.1) is 18.8 Å². The molecule has 0 saturated carbocycles. The van der Waals surface area contributed by atoms with Crippen molar-refractivity contribution < 1.29 is 19.1 Å². The van der Waals surface area contributed by atoms with E-state index in [0.717, 1.165) is 10.9 Å². The highest BCUT2D eigenvalue weighted by molar-refractivity contribution is 5.99. The third-order valence-corrected chi connectivity index (χ3v) is 4.42. The summed E-state index contributed by atoms with van der Waals surface area (Å²) >= 11 is 0. The van der Waals surface area contributed by atoms with Gasteiger partial charge in [-0.25, -0.2) is 9.59 Å². The SMILES string of the molecule is CCOC(=O)c1ccc2cc(C(=O)OCC)n(C(C)C(C)NC)c2c1. The topological polar surface area (TPSA) is 69.6 Å². The number of nitrogens with one attached hydrogen (secondary N) is 1. The second kappa shape index (κ2) is 8.16. The predicted octanol–water partition coefficient (Wildman–Crippen LogP) is 3.16. The quantitative estimate of drug-likeness (QED) is 0.780. The number of nitrogens with zero attached hydrogens (tertiary/aromatic N) is 1. The number of esters is 2. The molecular weight excluding hydrogens is 320 g/mol. The summed E-state index contributed by atoms with van der Waals surface area (Å²) in [6.45, 7) is 8.25. The Morgan fingerprint density at radius 1 is 1.08 bits per heavy atom. The van der Waals surface area contributed by atoms with Crippen LogP contribution in [0.2, 0.25) is 0 Å². The zero-order chi connectivity index (χ0) is 18.6. The molecule has 0 fully saturated rings. The molecule has 1 N–H and O–H groups in total. The average Bonchev–Trinajstić information content (AvgIpc) is 2.99. The molecule has 1 aromatic carbocycles. The first-order chi connectivity index (χ1) is 11.9. The van der Waals surface area contributed by atoms with E-state index in [2.05, 4.69) is 5.32 Å². The van der Waals surface area contributed by atoms with Crippen LogP contribution in [0, 0.1) is 0 Å². The van der Waals surface area contributed by atoms with Gasteiger partial charge in [-0.15, -0.1) is 0 Å². The zero-order valence-corrected chi connectivity index (χ0v) is 15.5. The van der Waals surface area contributed by atoms with Gasteiger partial charge in [-0.3, -0.25) is 0 Å². The monoisotopic (exact) mass is 346 g/mol. The Kier molecular flexibility index (Phi) is 6.20. The molecule has 6 heteroatoms. The summed E-state index contributed by atoms with van der Waals surface area (Å²) in [6.07, 6.45) is 0. The zero-order valence-electron chi connectivity index (χ0n) is 15.5. The molecule has 0 bridgehead atoms. The minimum Gasteiger partial charge on any atom is -0.462 e. The number of hydrogen-bond donors (Lipinski definition) is 1. The lowest BCUT2D eigenvalue weighted by Crippen LogP contribution is -2.32. The first kappa shape index (κ1) is 19.0. The molecular formula is C19H26N2O4. The first-order valence-electron chi connectivity index (χ1n) is 8.61. The van der Waals surface area contributed by atoms with Crippen molar-refractivity contribution >= 4 is 22.8 Å². The van der Waals surface area contributed by atoms with Gasteiger partial charge in [0.15, 0.2) is 0 Å². The van der Waals surface area contributed by atoms with Crippen LogP contribution in [0.25, 0.3) is 10.9 Å². The molecule has 0 aliphatic rings. The van der Waals surface area contributed by atoms with E-state index >= 15 is 0 Å². The number of aromatic nitrogens is 1. The molecule has 0 amide bonds. The van der Waals surface area contributed by atoms with Crippen molar-refractivity contribution in [3.8, 4) is 0 Å². The molecule has 0 spiro atoms. The standard InChI is InChI=1S/C19H26N2O4/c1-6-24-18(22)15-9-8-14-10-17(19(23)25-7-2)21(16(14)11-15)13(4)12(3)20-5/h8-13,20H,6-7H2,1-5H3. The molecule has 1 heterocycles. The van der Waals surface area contributed by atoms with Crippen LogP contribution in [-0.4, -0.2) is 42.8 Å². The summed E-state index contributed by atoms with van der Waals surface area (Å²) < 4.78 is 12.2. The lowest BCUT2D eigenvalue weighted by molar-refractivity contribution is 0.0508. The van der Waals surface area contributed by atoms with Gasteiger partial charge in [-0.2, -0.15) is 0 Å². The normalized spacial score (nSPS) is 13.5. The summed E-state index contributed by atoms with van der Waals surface area (Å²) in [6, 6.07) is 7.23. The second-order valence-electron chi connectivity index (χ2n) is 5.93. The number of carbonyl (C=O) groups excluding carboxylic acids is 2. The van der Waals surface area contributed by atoms with Crippen molar-refractivity contribution in [3.05, 3.63) is 35.5 Å². The molecule has 2 atom stereocenters. The van der Waals surface area contributed by atoms with Gasteiger partial charge in [0.1, 0.15) is 5.69 Å². The minimum absolute atomic E-state index is 0.0145. The summed E-state index contributed by atoms with van der Waals surface area (Å²) in [4.78, 5) is 24.5. The number of carbonyl (C=O) groups is 2. The average molecular weight is 346 g/mol. The number of likely N-dealkylation sites (N-methyl/N-ethyl adjacent to an activating group) is 1. The summed E-state index contributed by atoms with van der Waals surface area (Å²) in [5, 5.41) is 4.09. The van der Waals surface area contributed by atoms with E-state index < -0.39 is 0 Å². The van der Waals surface area contributed by atoms with Crippen LogP contribution in [0.3, 0.4) is 0 Å². The maximum absolute atomic E-state index is 12.4. The Morgan fingerprint density at radius 3 is 2.32 bits per heavy atom. The lowest BCUT2D eigenvalue weighted by Gasteiger charge is -2.24. The Hall–Kier alpha value is -2.34. The van der Waals surface area contributed by atoms with Crippen molar-refractivity contribution in [2.75, 3.05) is 20.3 Å². The van der Waals surface area contributed by atoms with E-state index in [4.69, 9.17) is 9.47 Å². The number of ether oxygens (including phenoxy) is 2. The first-order valence-corrected chi connectivity index (χ1v) is 8.61. The lowest BCUT2D eigenvalue weighted by atomic mass is 10.1. The highest BCUT2D eigenvalue weighted by Crippen LogP contribution is 2.28. The van der Waals surface area contributed by atoms with E-state index in [9.17, 15) is 9.59 Å². The third kappa shape index (κ3) is 3.85. The Labute approximate surface area is 148 Å². The molecule has 0 aliphatic carbocycles. The van der Waals surface area contributed by atoms with Crippen LogP contribution in [-0.2, 0) is 9.47 Å². The minimum atomic E-state index is -0.371. The highest BCUT2D eigenvalue weighted by atomic mass is 16.5. The number of rotatable bonds is 7. The van der Waals surface area contributed by atoms with Gasteiger partial charge in [0, 0.05) is 23.0 Å². The van der Waals surface area contributed by atoms with Crippen LogP contribution in [0.15, 0.2) is 24.3 Å². The predicted molar refractivity (Wildman–Crippen MR) is 97.1 cm³/mol. The van der Waals surface area contributed by atoms with Gasteiger partial charge in [0.2, 0.25) is 0 Å². The maximum Gasteiger partial charge on any atom is 0.354 e. The van der Waals surface area contributed by atoms with Crippen LogP contribution in [0.1, 0.15) is 54.6 Å². The van der Waals surface area contributed by atoms with Gasteiger partial charge in [-0.05, 0) is 52.9 Å². The number of benzene rings is 1. The van der Waals surface area contributed by atoms with E-state index in [1.54, 1.807) is 32.0 Å². The molecule has 2 rings (SSSR count). The fourth-order valence-corrected chi connectivity index (χ4v) is 2.83. The highest BCUT2D eigenvalue weighted by Gasteiger charge is 2.24. The maximum atomic E-state index is 12.4. The molecule has 2 aromatic rings. The van der Waals surface area contributed by atoms with Gasteiger partial charge < -0.3 is 19.4 Å². The Bertz CT molecular complexity index is 766. The van der Waals surface area contributed by atoms with E-state index in [1.165, 1.54) is 0 Å². The molecule has 136 valence electrons. The van der Waals surface area contributed by atoms with Crippen molar-refractivity contribution in [1.29, 1.82) is 0 Å². The molecule has 0 saturated heterocycles. The summed E-state index contributed by atoms with van der Waals surface area (Å²) in [5.74, 6) is -0.740. The molecule has 25 heavy (non-hydrogen) atoms. The molecule has 0 radical (unpaired) electrons. The molecule has 0 aliphatic heterocycles. The fraction of sp³-hybridized carbons (Fsp3) is 0.474. The van der Waals surface area contributed by atoms with Gasteiger partial charge in [-0.1, -0.05) is 6.07 Å². The summed E-state index contributed by atoms with van der Waals surface area (Å²) in [5.41, 5.74) is 1.75. The Morgan fingerprint density at radius 2 is 1.72 bits per heavy atom. The Balaban J connectivity index is 2.63. The van der Waals surface area contributed by atoms with Crippen LogP contribution in [0.5, 0.6) is 0 Å².